The van der Waals surface area contributed by atoms with Crippen molar-refractivity contribution in [2.75, 3.05) is 19.6 Å². The van der Waals surface area contributed by atoms with Gasteiger partial charge in [0, 0.05) is 13.1 Å². The van der Waals surface area contributed by atoms with Gasteiger partial charge in [0.05, 0.1) is 16.5 Å². The second-order valence-electron chi connectivity index (χ2n) is 6.60. The fourth-order valence-corrected chi connectivity index (χ4v) is 4.54. The summed E-state index contributed by atoms with van der Waals surface area (Å²) in [6.07, 6.45) is 3.38. The summed E-state index contributed by atoms with van der Waals surface area (Å²) in [5.74, 6) is 1.33. The Morgan fingerprint density at radius 1 is 1.44 bits per heavy atom. The van der Waals surface area contributed by atoms with Crippen LogP contribution in [-0.2, 0) is 0 Å². The van der Waals surface area contributed by atoms with Gasteiger partial charge in [-0.05, 0) is 49.9 Å². The Balaban J connectivity index is 0.00000210. The predicted molar refractivity (Wildman–Crippen MR) is 108 cm³/mol. The Kier molecular flexibility index (Phi) is 5.69. The van der Waals surface area contributed by atoms with Crippen molar-refractivity contribution in [3.63, 3.8) is 0 Å². The molecule has 0 spiro atoms. The zero-order valence-electron chi connectivity index (χ0n) is 14.9. The summed E-state index contributed by atoms with van der Waals surface area (Å²) in [4.78, 5) is 35.7. The number of H-pyrrole nitrogens is 1. The molecule has 1 aliphatic rings. The number of halogens is 1. The number of aryl methyl sites for hydroxylation is 1. The smallest absolute Gasteiger partial charge is 0.264 e. The van der Waals surface area contributed by atoms with E-state index in [1.54, 1.807) is 12.1 Å². The molecule has 3 aromatic heterocycles. The van der Waals surface area contributed by atoms with Crippen LogP contribution in [0.1, 0.15) is 28.1 Å². The maximum atomic E-state index is 13.0. The molecule has 1 saturated heterocycles. The number of aromatic nitrogens is 2. The van der Waals surface area contributed by atoms with Crippen LogP contribution in [0.15, 0.2) is 27.6 Å². The van der Waals surface area contributed by atoms with Gasteiger partial charge in [-0.1, -0.05) is 0 Å². The van der Waals surface area contributed by atoms with Crippen LogP contribution < -0.4 is 11.3 Å². The highest BCUT2D eigenvalue weighted by atomic mass is 35.5. The minimum Gasteiger partial charge on any atom is -0.461 e. The second-order valence-corrected chi connectivity index (χ2v) is 7.60. The average Bonchev–Trinajstić information content (AvgIpc) is 3.30. The normalized spacial score (nSPS) is 15.1. The molecule has 3 aromatic rings. The summed E-state index contributed by atoms with van der Waals surface area (Å²) < 4.78 is 5.31. The number of nitrogens with two attached hydrogens (primary N) is 1. The first kappa shape index (κ1) is 19.6. The summed E-state index contributed by atoms with van der Waals surface area (Å²) in [6.45, 7) is 3.88. The van der Waals surface area contributed by atoms with E-state index in [1.807, 2.05) is 11.8 Å². The Morgan fingerprint density at radius 2 is 2.19 bits per heavy atom. The van der Waals surface area contributed by atoms with Gasteiger partial charge in [0.2, 0.25) is 0 Å². The summed E-state index contributed by atoms with van der Waals surface area (Å²) in [5, 5.41) is 0.477. The minimum atomic E-state index is -0.254. The molecule has 9 heteroatoms. The number of hydrogen-bond donors (Lipinski definition) is 2. The van der Waals surface area contributed by atoms with Gasteiger partial charge >= 0.3 is 0 Å². The van der Waals surface area contributed by atoms with E-state index in [-0.39, 0.29) is 23.9 Å². The van der Waals surface area contributed by atoms with Crippen molar-refractivity contribution in [1.29, 1.82) is 0 Å². The summed E-state index contributed by atoms with van der Waals surface area (Å²) >= 11 is 1.27. The highest BCUT2D eigenvalue weighted by Gasteiger charge is 2.27. The highest BCUT2D eigenvalue weighted by molar-refractivity contribution is 7.20. The largest absolute Gasteiger partial charge is 0.461 e. The van der Waals surface area contributed by atoms with Gasteiger partial charge in [0.1, 0.15) is 4.83 Å². The van der Waals surface area contributed by atoms with Gasteiger partial charge in [-0.15, -0.1) is 23.7 Å². The zero-order valence-corrected chi connectivity index (χ0v) is 16.5. The van der Waals surface area contributed by atoms with Crippen LogP contribution in [0.5, 0.6) is 0 Å². The van der Waals surface area contributed by atoms with Crippen molar-refractivity contribution in [2.24, 2.45) is 11.7 Å². The Labute approximate surface area is 166 Å². The number of nitrogens with one attached hydrogen (secondary N) is 1. The van der Waals surface area contributed by atoms with E-state index in [0.29, 0.717) is 57.8 Å². The van der Waals surface area contributed by atoms with Crippen LogP contribution in [0.4, 0.5) is 0 Å². The lowest BCUT2D eigenvalue weighted by Crippen LogP contribution is -2.40. The first-order chi connectivity index (χ1) is 12.6. The predicted octanol–water partition coefficient (Wildman–Crippen LogP) is 2.79. The first-order valence-electron chi connectivity index (χ1n) is 8.65. The lowest BCUT2D eigenvalue weighted by atomic mass is 9.97. The molecule has 7 nitrogen and oxygen atoms in total. The molecular formula is C18H21ClN4O3S. The minimum absolute atomic E-state index is 0. The number of piperidine rings is 1. The van der Waals surface area contributed by atoms with Crippen LogP contribution in [-0.4, -0.2) is 40.4 Å². The topological polar surface area (TPSA) is 105 Å². The number of thiophene rings is 1. The number of nitrogens with zero attached hydrogens (tertiary/aromatic N) is 2. The van der Waals surface area contributed by atoms with E-state index < -0.39 is 0 Å². The maximum absolute atomic E-state index is 13.0. The third-order valence-corrected chi connectivity index (χ3v) is 6.16. The summed E-state index contributed by atoms with van der Waals surface area (Å²) in [6, 6.07) is 3.47. The van der Waals surface area contributed by atoms with Crippen molar-refractivity contribution in [3.8, 4) is 11.6 Å². The van der Waals surface area contributed by atoms with Gasteiger partial charge < -0.3 is 20.0 Å². The average molecular weight is 409 g/mol. The van der Waals surface area contributed by atoms with E-state index >= 15 is 0 Å². The van der Waals surface area contributed by atoms with E-state index in [0.717, 1.165) is 12.8 Å². The van der Waals surface area contributed by atoms with Gasteiger partial charge in [0.15, 0.2) is 11.6 Å². The number of amides is 1. The number of fused-ring (bicyclic) bond motifs is 1. The molecule has 0 aliphatic carbocycles. The summed E-state index contributed by atoms with van der Waals surface area (Å²) in [7, 11) is 0. The fourth-order valence-electron chi connectivity index (χ4n) is 3.39. The van der Waals surface area contributed by atoms with Crippen molar-refractivity contribution in [3.05, 3.63) is 39.2 Å². The third kappa shape index (κ3) is 3.52. The molecule has 0 saturated carbocycles. The van der Waals surface area contributed by atoms with Crippen LogP contribution in [0, 0.1) is 12.8 Å². The molecule has 1 amide bonds. The number of likely N-dealkylation sites (tertiary alicyclic amines) is 1. The fraction of sp³-hybridized carbons (Fsp3) is 0.389. The monoisotopic (exact) mass is 408 g/mol. The second kappa shape index (κ2) is 7.84. The molecular weight excluding hydrogens is 388 g/mol. The van der Waals surface area contributed by atoms with E-state index in [4.69, 9.17) is 10.2 Å². The number of carbonyl (C=O) groups is 1. The number of carbonyl (C=O) groups excluding carboxylic acids is 1. The lowest BCUT2D eigenvalue weighted by molar-refractivity contribution is 0.0698. The molecule has 0 atom stereocenters. The molecule has 27 heavy (non-hydrogen) atoms. The van der Waals surface area contributed by atoms with Crippen LogP contribution >= 0.6 is 23.7 Å². The number of hydrogen-bond acceptors (Lipinski definition) is 6. The zero-order chi connectivity index (χ0) is 18.3. The van der Waals surface area contributed by atoms with Gasteiger partial charge in [0.25, 0.3) is 11.5 Å². The van der Waals surface area contributed by atoms with Crippen molar-refractivity contribution >= 4 is 39.9 Å². The molecule has 3 N–H and O–H groups in total. The van der Waals surface area contributed by atoms with Gasteiger partial charge in [-0.25, -0.2) is 4.98 Å². The van der Waals surface area contributed by atoms with Crippen LogP contribution in [0.2, 0.25) is 0 Å². The molecule has 144 valence electrons. The van der Waals surface area contributed by atoms with E-state index in [2.05, 4.69) is 9.97 Å². The van der Waals surface area contributed by atoms with Crippen molar-refractivity contribution < 1.29 is 9.21 Å². The van der Waals surface area contributed by atoms with Crippen LogP contribution in [0.3, 0.4) is 0 Å². The molecule has 0 bridgehead atoms. The van der Waals surface area contributed by atoms with Gasteiger partial charge in [-0.3, -0.25) is 9.59 Å². The molecule has 0 unspecified atom stereocenters. The standard InChI is InChI=1S/C18H20N4O3S.ClH/c1-10-13-16(23)20-15(12-3-2-8-25-12)21-17(13)26-14(10)18(24)22-6-4-11(9-19)5-7-22;/h2-3,8,11H,4-7,9,19H2,1H3,(H,20,21,23);1H. The quantitative estimate of drug-likeness (QED) is 0.693. The van der Waals surface area contributed by atoms with E-state index in [1.165, 1.54) is 17.6 Å². The number of furan rings is 1. The number of rotatable bonds is 3. The molecule has 1 aliphatic heterocycles. The Morgan fingerprint density at radius 3 is 2.81 bits per heavy atom. The molecule has 4 rings (SSSR count). The third-order valence-electron chi connectivity index (χ3n) is 4.98. The van der Waals surface area contributed by atoms with Crippen LogP contribution in [0.25, 0.3) is 21.8 Å². The van der Waals surface area contributed by atoms with Crippen molar-refractivity contribution in [2.45, 2.75) is 19.8 Å². The Bertz CT molecular complexity index is 1000. The maximum Gasteiger partial charge on any atom is 0.264 e. The van der Waals surface area contributed by atoms with E-state index in [9.17, 15) is 9.59 Å². The first-order valence-corrected chi connectivity index (χ1v) is 9.46. The number of aromatic amines is 1. The molecule has 0 aromatic carbocycles. The Hall–Kier alpha value is -2.16. The molecule has 4 heterocycles. The molecule has 0 radical (unpaired) electrons. The SMILES string of the molecule is Cc1c(C(=O)N2CCC(CN)CC2)sc2nc(-c3ccco3)[nH]c(=O)c12.Cl. The molecule has 1 fully saturated rings. The van der Waals surface area contributed by atoms with Gasteiger partial charge in [-0.2, -0.15) is 0 Å². The lowest BCUT2D eigenvalue weighted by Gasteiger charge is -2.31. The summed E-state index contributed by atoms with van der Waals surface area (Å²) in [5.41, 5.74) is 6.16. The highest BCUT2D eigenvalue weighted by Crippen LogP contribution is 2.30. The van der Waals surface area contributed by atoms with Crippen molar-refractivity contribution in [1.82, 2.24) is 14.9 Å².